The molecule has 48 heavy (non-hydrogen) atoms. The van der Waals surface area contributed by atoms with Crippen LogP contribution in [0.1, 0.15) is 67.2 Å². The Balaban J connectivity index is 1.20. The van der Waals surface area contributed by atoms with E-state index in [0.717, 1.165) is 28.7 Å². The molecule has 2 atom stereocenters. The highest BCUT2D eigenvalue weighted by Gasteiger charge is 2.38. The molecule has 2 aliphatic heterocycles. The molecule has 0 bridgehead atoms. The normalized spacial score (nSPS) is 18.0. The van der Waals surface area contributed by atoms with Gasteiger partial charge in [0.25, 0.3) is 0 Å². The highest BCUT2D eigenvalue weighted by atomic mass is 16.6. The van der Waals surface area contributed by atoms with Gasteiger partial charge in [0.15, 0.2) is 0 Å². The molecule has 12 nitrogen and oxygen atoms in total. The van der Waals surface area contributed by atoms with Crippen molar-refractivity contribution in [1.82, 2.24) is 14.5 Å². The van der Waals surface area contributed by atoms with E-state index in [1.54, 1.807) is 102 Å². The summed E-state index contributed by atoms with van der Waals surface area (Å²) >= 11 is 0. The molecule has 3 aromatic rings. The molecule has 0 spiro atoms. The second-order valence-electron chi connectivity index (χ2n) is 14.2. The van der Waals surface area contributed by atoms with Gasteiger partial charge in [-0.25, -0.2) is 9.59 Å². The Morgan fingerprint density at radius 1 is 0.625 bits per heavy atom. The number of nitrogens with zero attached hydrogens (tertiary/aromatic N) is 3. The lowest BCUT2D eigenvalue weighted by Crippen LogP contribution is -2.45. The molecule has 2 fully saturated rings. The van der Waals surface area contributed by atoms with Gasteiger partial charge >= 0.3 is 12.2 Å². The Hall–Kier alpha value is -5.00. The molecule has 2 saturated heterocycles. The molecular weight excluding hydrogens is 614 g/mol. The number of hydrogen-bond acceptors (Lipinski definition) is 7. The zero-order valence-electron chi connectivity index (χ0n) is 28.4. The number of aromatic nitrogens is 1. The van der Waals surface area contributed by atoms with E-state index in [1.165, 1.54) is 9.80 Å². The van der Waals surface area contributed by atoms with Gasteiger partial charge in [-0.3, -0.25) is 19.4 Å². The van der Waals surface area contributed by atoms with Gasteiger partial charge in [0.05, 0.1) is 11.4 Å². The number of hydrogen-bond donors (Lipinski definition) is 3. The molecule has 4 amide bonds. The second kappa shape index (κ2) is 13.6. The van der Waals surface area contributed by atoms with Gasteiger partial charge in [0.1, 0.15) is 23.3 Å². The Morgan fingerprint density at radius 2 is 0.979 bits per heavy atom. The molecule has 2 aromatic carbocycles. The van der Waals surface area contributed by atoms with E-state index in [0.29, 0.717) is 48.7 Å². The number of anilines is 2. The van der Waals surface area contributed by atoms with Crippen LogP contribution in [0.5, 0.6) is 0 Å². The van der Waals surface area contributed by atoms with Crippen molar-refractivity contribution in [2.24, 2.45) is 0 Å². The van der Waals surface area contributed by atoms with E-state index in [1.807, 2.05) is 0 Å². The third-order valence-electron chi connectivity index (χ3n) is 8.12. The van der Waals surface area contributed by atoms with E-state index in [4.69, 9.17) is 9.47 Å². The molecule has 5 rings (SSSR count). The molecular formula is C36H45N5O7. The predicted octanol–water partition coefficient (Wildman–Crippen LogP) is 6.74. The maximum atomic E-state index is 13.1. The minimum Gasteiger partial charge on any atom is -0.444 e. The zero-order valence-corrected chi connectivity index (χ0v) is 28.4. The first-order valence-electron chi connectivity index (χ1n) is 16.3. The van der Waals surface area contributed by atoms with Crippen LogP contribution < -0.4 is 10.6 Å². The van der Waals surface area contributed by atoms with Gasteiger partial charge in [-0.15, -0.1) is 0 Å². The van der Waals surface area contributed by atoms with Crippen molar-refractivity contribution in [3.05, 3.63) is 60.7 Å². The molecule has 1 aromatic heterocycles. The topological polar surface area (TPSA) is 142 Å². The minimum atomic E-state index is -0.648. The molecule has 3 N–H and O–H groups in total. The van der Waals surface area contributed by atoms with E-state index < -0.39 is 35.5 Å². The largest absolute Gasteiger partial charge is 0.444 e. The van der Waals surface area contributed by atoms with Crippen molar-refractivity contribution in [2.45, 2.75) is 90.5 Å². The average molecular weight is 660 g/mol. The van der Waals surface area contributed by atoms with E-state index in [9.17, 15) is 24.4 Å². The molecule has 3 heterocycles. The standard InChI is InChI=1S/C36H45N5O7/c1-35(2,3)47-33(44)39-21-7-9-29(39)31(42)37-25-15-11-23(12-16-25)27-19-20-28(41(27)46)24-13-17-26(18-14-24)38-32(43)30-10-8-22-40(30)34(45)48-36(4,5)6/h11-20,29-30,46H,7-10,21-22H2,1-6H3,(H,37,42)(H,38,43). The third kappa shape index (κ3) is 8.10. The van der Waals surface area contributed by atoms with Crippen molar-refractivity contribution in [3.8, 4) is 22.5 Å². The summed E-state index contributed by atoms with van der Waals surface area (Å²) in [6.45, 7) is 11.7. The third-order valence-corrected chi connectivity index (χ3v) is 8.12. The number of carbonyl (C=O) groups excluding carboxylic acids is 4. The van der Waals surface area contributed by atoms with Crippen LogP contribution in [-0.2, 0) is 19.1 Å². The van der Waals surface area contributed by atoms with E-state index in [2.05, 4.69) is 10.6 Å². The number of benzene rings is 2. The zero-order chi connectivity index (χ0) is 34.8. The Bertz CT molecular complexity index is 1530. The van der Waals surface area contributed by atoms with Crippen LogP contribution in [0.2, 0.25) is 0 Å². The Labute approximate surface area is 280 Å². The molecule has 0 radical (unpaired) electrons. The fourth-order valence-corrected chi connectivity index (χ4v) is 5.92. The molecule has 0 aliphatic carbocycles. The Kier molecular flexibility index (Phi) is 9.74. The molecule has 2 aliphatic rings. The van der Waals surface area contributed by atoms with Gasteiger partial charge in [0.2, 0.25) is 11.8 Å². The quantitative estimate of drug-likeness (QED) is 0.249. The summed E-state index contributed by atoms with van der Waals surface area (Å²) in [5.74, 6) is -0.552. The SMILES string of the molecule is CC(C)(C)OC(=O)N1CCCC1C(=O)Nc1ccc(-c2ccc(-c3ccc(NC(=O)C4CCCN4C(=O)OC(C)(C)C)cc3)n2O)cc1. The van der Waals surface area contributed by atoms with Gasteiger partial charge in [-0.2, -0.15) is 4.73 Å². The maximum Gasteiger partial charge on any atom is 0.410 e. The highest BCUT2D eigenvalue weighted by molar-refractivity contribution is 5.98. The van der Waals surface area contributed by atoms with Gasteiger partial charge in [-0.05, 0) is 104 Å². The monoisotopic (exact) mass is 659 g/mol. The summed E-state index contributed by atoms with van der Waals surface area (Å²) in [5.41, 5.74) is 2.41. The van der Waals surface area contributed by atoms with Gasteiger partial charge in [-0.1, -0.05) is 24.3 Å². The second-order valence-corrected chi connectivity index (χ2v) is 14.2. The first-order valence-corrected chi connectivity index (χ1v) is 16.3. The lowest BCUT2D eigenvalue weighted by Gasteiger charge is -2.28. The van der Waals surface area contributed by atoms with E-state index in [-0.39, 0.29) is 11.8 Å². The summed E-state index contributed by atoms with van der Waals surface area (Å²) in [6.07, 6.45) is 1.57. The number of amides is 4. The fourth-order valence-electron chi connectivity index (χ4n) is 5.92. The number of carbonyl (C=O) groups is 4. The summed E-state index contributed by atoms with van der Waals surface area (Å²) in [6, 6.07) is 16.6. The summed E-state index contributed by atoms with van der Waals surface area (Å²) in [4.78, 5) is 54.3. The molecule has 12 heteroatoms. The van der Waals surface area contributed by atoms with Crippen LogP contribution in [-0.4, -0.2) is 80.1 Å². The van der Waals surface area contributed by atoms with Crippen molar-refractivity contribution in [3.63, 3.8) is 0 Å². The fraction of sp³-hybridized carbons (Fsp3) is 0.444. The van der Waals surface area contributed by atoms with Crippen LogP contribution in [0, 0.1) is 0 Å². The van der Waals surface area contributed by atoms with Crippen molar-refractivity contribution in [1.29, 1.82) is 0 Å². The van der Waals surface area contributed by atoms with Crippen molar-refractivity contribution >= 4 is 35.4 Å². The molecule has 0 saturated carbocycles. The molecule has 2 unspecified atom stereocenters. The van der Waals surface area contributed by atoms with Gasteiger partial charge < -0.3 is 25.3 Å². The number of likely N-dealkylation sites (tertiary alicyclic amines) is 2. The van der Waals surface area contributed by atoms with Crippen LogP contribution in [0.15, 0.2) is 60.7 Å². The highest BCUT2D eigenvalue weighted by Crippen LogP contribution is 2.30. The Morgan fingerprint density at radius 3 is 1.31 bits per heavy atom. The predicted molar refractivity (Wildman–Crippen MR) is 182 cm³/mol. The maximum absolute atomic E-state index is 13.1. The number of ether oxygens (including phenoxy) is 2. The van der Waals surface area contributed by atoms with Crippen LogP contribution in [0.4, 0.5) is 21.0 Å². The summed E-state index contributed by atoms with van der Waals surface area (Å²) in [5, 5.41) is 16.8. The summed E-state index contributed by atoms with van der Waals surface area (Å²) in [7, 11) is 0. The number of nitrogens with one attached hydrogen (secondary N) is 2. The van der Waals surface area contributed by atoms with E-state index >= 15 is 0 Å². The van der Waals surface area contributed by atoms with Gasteiger partial charge in [0, 0.05) is 35.6 Å². The smallest absolute Gasteiger partial charge is 0.410 e. The summed E-state index contributed by atoms with van der Waals surface area (Å²) < 4.78 is 12.0. The van der Waals surface area contributed by atoms with Crippen LogP contribution in [0.25, 0.3) is 22.5 Å². The minimum absolute atomic E-state index is 0.276. The average Bonchev–Trinajstić information content (AvgIpc) is 3.77. The lowest BCUT2D eigenvalue weighted by molar-refractivity contribution is -0.121. The van der Waals surface area contributed by atoms with Crippen LogP contribution >= 0.6 is 0 Å². The van der Waals surface area contributed by atoms with Crippen molar-refractivity contribution in [2.75, 3.05) is 23.7 Å². The van der Waals surface area contributed by atoms with Crippen molar-refractivity contribution < 1.29 is 33.9 Å². The van der Waals surface area contributed by atoms with Crippen LogP contribution in [0.3, 0.4) is 0 Å². The molecule has 256 valence electrons. The number of rotatable bonds is 6. The first-order chi connectivity index (χ1) is 22.6. The first kappa shape index (κ1) is 34.3. The lowest BCUT2D eigenvalue weighted by atomic mass is 10.1.